The molecule has 0 atom stereocenters. The molecular weight excluding hydrogens is 242 g/mol. The summed E-state index contributed by atoms with van der Waals surface area (Å²) in [6.07, 6.45) is 3.18. The van der Waals surface area contributed by atoms with Crippen molar-refractivity contribution >= 4 is 11.7 Å². The number of ether oxygens (including phenoxy) is 1. The molecule has 1 saturated carbocycles. The van der Waals surface area contributed by atoms with Crippen molar-refractivity contribution < 1.29 is 9.53 Å². The fourth-order valence-corrected chi connectivity index (χ4v) is 2.20. The number of methoxy groups -OCH3 is 1. The van der Waals surface area contributed by atoms with Gasteiger partial charge in [0.2, 0.25) is 0 Å². The summed E-state index contributed by atoms with van der Waals surface area (Å²) in [7, 11) is 1.70. The van der Waals surface area contributed by atoms with Crippen LogP contribution in [0.2, 0.25) is 0 Å². The first-order chi connectivity index (χ1) is 9.19. The molecule has 0 spiro atoms. The lowest BCUT2D eigenvalue weighted by atomic mass is 9.80. The minimum absolute atomic E-state index is 0.150. The van der Waals surface area contributed by atoms with Gasteiger partial charge in [0.25, 0.3) is 5.91 Å². The molecule has 1 aromatic heterocycles. The zero-order valence-corrected chi connectivity index (χ0v) is 11.5. The Morgan fingerprint density at radius 1 is 1.47 bits per heavy atom. The van der Waals surface area contributed by atoms with Crippen molar-refractivity contribution in [1.29, 1.82) is 0 Å². The van der Waals surface area contributed by atoms with E-state index in [1.165, 1.54) is 0 Å². The van der Waals surface area contributed by atoms with Gasteiger partial charge in [-0.15, -0.1) is 0 Å². The second-order valence-electron chi connectivity index (χ2n) is 4.86. The summed E-state index contributed by atoms with van der Waals surface area (Å²) >= 11 is 0. The molecule has 0 aliphatic heterocycles. The molecule has 1 fully saturated rings. The van der Waals surface area contributed by atoms with Crippen molar-refractivity contribution in [1.82, 2.24) is 10.3 Å². The number of rotatable bonds is 6. The number of hydrogen-bond donors (Lipinski definition) is 2. The highest BCUT2D eigenvalue weighted by atomic mass is 16.5. The van der Waals surface area contributed by atoms with E-state index >= 15 is 0 Å². The molecule has 104 valence electrons. The van der Waals surface area contributed by atoms with Gasteiger partial charge in [0, 0.05) is 20.2 Å². The summed E-state index contributed by atoms with van der Waals surface area (Å²) in [6, 6.07) is 5.40. The van der Waals surface area contributed by atoms with Crippen LogP contribution in [0.4, 0.5) is 5.82 Å². The molecular formula is C14H21N3O2. The number of carbonyl (C=O) groups is 1. The van der Waals surface area contributed by atoms with E-state index in [0.29, 0.717) is 12.2 Å². The Morgan fingerprint density at radius 2 is 2.26 bits per heavy atom. The van der Waals surface area contributed by atoms with Gasteiger partial charge in [-0.05, 0) is 38.3 Å². The standard InChI is InChI=1S/C14H21N3O2/c1-3-15-12-7-4-6-11(17-12)13(18)16-10-14(19-2)8-5-9-14/h4,6-7H,3,5,8-10H2,1-2H3,(H,15,17)(H,16,18). The molecule has 19 heavy (non-hydrogen) atoms. The summed E-state index contributed by atoms with van der Waals surface area (Å²) in [6.45, 7) is 3.33. The third-order valence-corrected chi connectivity index (χ3v) is 3.61. The van der Waals surface area contributed by atoms with Crippen molar-refractivity contribution in [3.8, 4) is 0 Å². The lowest BCUT2D eigenvalue weighted by Crippen LogP contribution is -2.49. The highest BCUT2D eigenvalue weighted by Gasteiger charge is 2.37. The third kappa shape index (κ3) is 3.23. The van der Waals surface area contributed by atoms with Crippen molar-refractivity contribution in [2.75, 3.05) is 25.5 Å². The predicted molar refractivity (Wildman–Crippen MR) is 74.3 cm³/mol. The van der Waals surface area contributed by atoms with E-state index in [0.717, 1.165) is 31.6 Å². The SMILES string of the molecule is CCNc1cccc(C(=O)NCC2(OC)CCC2)n1. The van der Waals surface area contributed by atoms with Gasteiger partial charge in [-0.1, -0.05) is 6.07 Å². The molecule has 1 amide bonds. The highest BCUT2D eigenvalue weighted by molar-refractivity contribution is 5.92. The first-order valence-corrected chi connectivity index (χ1v) is 6.73. The molecule has 2 rings (SSSR count). The molecule has 0 bridgehead atoms. The molecule has 2 N–H and O–H groups in total. The van der Waals surface area contributed by atoms with Crippen LogP contribution in [0.1, 0.15) is 36.7 Å². The Hall–Kier alpha value is -1.62. The molecule has 1 aliphatic carbocycles. The predicted octanol–water partition coefficient (Wildman–Crippen LogP) is 1.81. The average Bonchev–Trinajstić information content (AvgIpc) is 2.38. The molecule has 5 heteroatoms. The van der Waals surface area contributed by atoms with E-state index in [1.807, 2.05) is 19.1 Å². The third-order valence-electron chi connectivity index (χ3n) is 3.61. The van der Waals surface area contributed by atoms with Crippen LogP contribution in [-0.4, -0.2) is 36.7 Å². The maximum absolute atomic E-state index is 12.0. The highest BCUT2D eigenvalue weighted by Crippen LogP contribution is 2.34. The van der Waals surface area contributed by atoms with E-state index in [2.05, 4.69) is 15.6 Å². The van der Waals surface area contributed by atoms with E-state index in [1.54, 1.807) is 13.2 Å². The van der Waals surface area contributed by atoms with Crippen LogP contribution in [-0.2, 0) is 4.74 Å². The topological polar surface area (TPSA) is 63.2 Å². The van der Waals surface area contributed by atoms with Gasteiger partial charge in [0.15, 0.2) is 0 Å². The Bertz CT molecular complexity index is 439. The maximum atomic E-state index is 12.0. The van der Waals surface area contributed by atoms with Gasteiger partial charge >= 0.3 is 0 Å². The van der Waals surface area contributed by atoms with Crippen LogP contribution in [0, 0.1) is 0 Å². The first-order valence-electron chi connectivity index (χ1n) is 6.73. The van der Waals surface area contributed by atoms with Gasteiger partial charge in [-0.3, -0.25) is 4.79 Å². The summed E-state index contributed by atoms with van der Waals surface area (Å²) in [5, 5.41) is 6.00. The Labute approximate surface area is 113 Å². The number of amides is 1. The molecule has 0 unspecified atom stereocenters. The molecule has 5 nitrogen and oxygen atoms in total. The van der Waals surface area contributed by atoms with Crippen LogP contribution in [0.5, 0.6) is 0 Å². The average molecular weight is 263 g/mol. The van der Waals surface area contributed by atoms with Crippen LogP contribution >= 0.6 is 0 Å². The summed E-state index contributed by atoms with van der Waals surface area (Å²) in [5.74, 6) is 0.573. The first kappa shape index (κ1) is 13.8. The fraction of sp³-hybridized carbons (Fsp3) is 0.571. The van der Waals surface area contributed by atoms with Gasteiger partial charge in [-0.25, -0.2) is 4.98 Å². The zero-order chi connectivity index (χ0) is 13.7. The number of aromatic nitrogens is 1. The smallest absolute Gasteiger partial charge is 0.270 e. The molecule has 0 aromatic carbocycles. The lowest BCUT2D eigenvalue weighted by Gasteiger charge is -2.40. The Balaban J connectivity index is 1.94. The van der Waals surface area contributed by atoms with Gasteiger partial charge in [0.1, 0.15) is 11.5 Å². The fourth-order valence-electron chi connectivity index (χ4n) is 2.20. The van der Waals surface area contributed by atoms with E-state index in [-0.39, 0.29) is 11.5 Å². The van der Waals surface area contributed by atoms with E-state index < -0.39 is 0 Å². The van der Waals surface area contributed by atoms with Crippen LogP contribution in [0.15, 0.2) is 18.2 Å². The van der Waals surface area contributed by atoms with Gasteiger partial charge in [0.05, 0.1) is 5.60 Å². The number of hydrogen-bond acceptors (Lipinski definition) is 4. The molecule has 0 saturated heterocycles. The molecule has 1 aromatic rings. The summed E-state index contributed by atoms with van der Waals surface area (Å²) < 4.78 is 5.47. The van der Waals surface area contributed by atoms with Crippen molar-refractivity contribution in [2.45, 2.75) is 31.8 Å². The van der Waals surface area contributed by atoms with Crippen LogP contribution in [0.3, 0.4) is 0 Å². The minimum atomic E-state index is -0.158. The second kappa shape index (κ2) is 6.02. The molecule has 0 radical (unpaired) electrons. The number of pyridine rings is 1. The Kier molecular flexibility index (Phi) is 4.37. The molecule has 1 heterocycles. The lowest BCUT2D eigenvalue weighted by molar-refractivity contribution is -0.0679. The summed E-state index contributed by atoms with van der Waals surface area (Å²) in [4.78, 5) is 16.3. The van der Waals surface area contributed by atoms with E-state index in [4.69, 9.17) is 4.74 Å². The van der Waals surface area contributed by atoms with E-state index in [9.17, 15) is 4.79 Å². The number of nitrogens with one attached hydrogen (secondary N) is 2. The monoisotopic (exact) mass is 263 g/mol. The Morgan fingerprint density at radius 3 is 2.84 bits per heavy atom. The minimum Gasteiger partial charge on any atom is -0.376 e. The number of anilines is 1. The number of nitrogens with zero attached hydrogens (tertiary/aromatic N) is 1. The van der Waals surface area contributed by atoms with Crippen LogP contribution in [0.25, 0.3) is 0 Å². The molecule has 1 aliphatic rings. The normalized spacial score (nSPS) is 16.5. The maximum Gasteiger partial charge on any atom is 0.270 e. The second-order valence-corrected chi connectivity index (χ2v) is 4.86. The largest absolute Gasteiger partial charge is 0.376 e. The quantitative estimate of drug-likeness (QED) is 0.821. The van der Waals surface area contributed by atoms with Gasteiger partial charge in [-0.2, -0.15) is 0 Å². The van der Waals surface area contributed by atoms with Crippen molar-refractivity contribution in [3.63, 3.8) is 0 Å². The number of carbonyl (C=O) groups excluding carboxylic acids is 1. The van der Waals surface area contributed by atoms with Crippen LogP contribution < -0.4 is 10.6 Å². The summed E-state index contributed by atoms with van der Waals surface area (Å²) in [5.41, 5.74) is 0.276. The van der Waals surface area contributed by atoms with Crippen molar-refractivity contribution in [3.05, 3.63) is 23.9 Å². The van der Waals surface area contributed by atoms with Gasteiger partial charge < -0.3 is 15.4 Å². The zero-order valence-electron chi connectivity index (χ0n) is 11.5. The van der Waals surface area contributed by atoms with Crippen molar-refractivity contribution in [2.24, 2.45) is 0 Å².